The molecule has 1 aromatic carbocycles. The minimum atomic E-state index is 0. The molecule has 0 atom stereocenters. The number of para-hydroxylation sites is 2. The molecule has 0 amide bonds. The summed E-state index contributed by atoms with van der Waals surface area (Å²) in [6.45, 7) is 0. The Morgan fingerprint density at radius 3 is 2.11 bits per heavy atom. The van der Waals surface area contributed by atoms with Crippen LogP contribution < -0.4 is 5.73 Å². The Bertz CT molecular complexity index is 169. The first-order valence-electron chi connectivity index (χ1n) is 2.34. The maximum absolute atomic E-state index is 8.79. The van der Waals surface area contributed by atoms with Crippen LogP contribution in [0.15, 0.2) is 24.3 Å². The number of hydrogen-bond acceptors (Lipinski definition) is 2. The van der Waals surface area contributed by atoms with Gasteiger partial charge in [0.1, 0.15) is 5.75 Å². The second-order valence-corrected chi connectivity index (χ2v) is 1.56. The summed E-state index contributed by atoms with van der Waals surface area (Å²) in [4.78, 5) is 0. The van der Waals surface area contributed by atoms with Gasteiger partial charge in [0.05, 0.1) is 5.69 Å². The third-order valence-electron chi connectivity index (χ3n) is 0.937. The minimum Gasteiger partial charge on any atom is -0.506 e. The Balaban J connectivity index is 0.000000640. The smallest absolute Gasteiger partial charge is 0.506 e. The van der Waals surface area contributed by atoms with Gasteiger partial charge in [0, 0.05) is 0 Å². The molecule has 0 radical (unpaired) electrons. The zero-order valence-electron chi connectivity index (χ0n) is 4.64. The molecular weight excluding hydrogens is 166 g/mol. The van der Waals surface area contributed by atoms with Crippen LogP contribution in [0.25, 0.3) is 0 Å². The SMILES string of the molecule is Nc1ccccc1O.[Cu+]. The number of rotatable bonds is 0. The van der Waals surface area contributed by atoms with Crippen LogP contribution in [0, 0.1) is 0 Å². The van der Waals surface area contributed by atoms with Crippen molar-refractivity contribution in [2.75, 3.05) is 5.73 Å². The standard InChI is InChI=1S/C6H7NO.Cu/c7-5-3-1-2-4-6(5)8;/h1-4,8H,7H2;/q;+1. The van der Waals surface area contributed by atoms with Gasteiger partial charge in [-0.05, 0) is 12.1 Å². The van der Waals surface area contributed by atoms with Gasteiger partial charge in [-0.2, -0.15) is 0 Å². The monoisotopic (exact) mass is 172 g/mol. The van der Waals surface area contributed by atoms with Crippen molar-refractivity contribution in [2.45, 2.75) is 0 Å². The van der Waals surface area contributed by atoms with Crippen molar-refractivity contribution in [3.8, 4) is 5.75 Å². The molecule has 0 fully saturated rings. The summed E-state index contributed by atoms with van der Waals surface area (Å²) in [5, 5.41) is 8.79. The number of benzene rings is 1. The Kier molecular flexibility index (Phi) is 3.13. The molecule has 52 valence electrons. The van der Waals surface area contributed by atoms with E-state index in [0.717, 1.165) is 0 Å². The molecule has 9 heavy (non-hydrogen) atoms. The fraction of sp³-hybridized carbons (Fsp3) is 0. The first-order valence-corrected chi connectivity index (χ1v) is 2.34. The summed E-state index contributed by atoms with van der Waals surface area (Å²) in [5.41, 5.74) is 5.69. The summed E-state index contributed by atoms with van der Waals surface area (Å²) in [6, 6.07) is 6.70. The molecule has 0 heterocycles. The Morgan fingerprint density at radius 2 is 1.78 bits per heavy atom. The molecule has 0 saturated carbocycles. The minimum absolute atomic E-state index is 0. The Labute approximate surface area is 64.2 Å². The first kappa shape index (κ1) is 8.34. The second kappa shape index (κ2) is 3.38. The summed E-state index contributed by atoms with van der Waals surface area (Å²) >= 11 is 0. The van der Waals surface area contributed by atoms with Crippen molar-refractivity contribution in [3.05, 3.63) is 24.3 Å². The van der Waals surface area contributed by atoms with E-state index in [1.165, 1.54) is 0 Å². The number of phenols is 1. The summed E-state index contributed by atoms with van der Waals surface area (Å²) in [7, 11) is 0. The zero-order valence-corrected chi connectivity index (χ0v) is 5.58. The number of phenolic OH excluding ortho intramolecular Hbond substituents is 1. The molecule has 3 N–H and O–H groups in total. The van der Waals surface area contributed by atoms with Crippen molar-refractivity contribution in [1.82, 2.24) is 0 Å². The summed E-state index contributed by atoms with van der Waals surface area (Å²) in [6.07, 6.45) is 0. The molecule has 3 heteroatoms. The third-order valence-corrected chi connectivity index (χ3v) is 0.937. The van der Waals surface area contributed by atoms with Gasteiger partial charge in [-0.1, -0.05) is 12.1 Å². The molecule has 1 aromatic rings. The van der Waals surface area contributed by atoms with E-state index in [0.29, 0.717) is 5.69 Å². The summed E-state index contributed by atoms with van der Waals surface area (Å²) < 4.78 is 0. The van der Waals surface area contributed by atoms with Gasteiger partial charge in [-0.3, -0.25) is 0 Å². The van der Waals surface area contributed by atoms with E-state index in [1.807, 2.05) is 0 Å². The average Bonchev–Trinajstić information content (AvgIpc) is 1.77. The van der Waals surface area contributed by atoms with Gasteiger partial charge in [0.15, 0.2) is 0 Å². The molecule has 0 bridgehead atoms. The maximum atomic E-state index is 8.79. The fourth-order valence-corrected chi connectivity index (χ4v) is 0.488. The van der Waals surface area contributed by atoms with Crippen molar-refractivity contribution in [2.24, 2.45) is 0 Å². The molecule has 0 aliphatic heterocycles. The van der Waals surface area contributed by atoms with Gasteiger partial charge in [-0.15, -0.1) is 0 Å². The molecule has 0 unspecified atom stereocenters. The molecule has 1 rings (SSSR count). The average molecular weight is 173 g/mol. The summed E-state index contributed by atoms with van der Waals surface area (Å²) in [5.74, 6) is 0.146. The Hall–Kier alpha value is -0.661. The van der Waals surface area contributed by atoms with Gasteiger partial charge >= 0.3 is 17.1 Å². The normalized spacial score (nSPS) is 8.00. The molecule has 0 saturated heterocycles. The van der Waals surface area contributed by atoms with E-state index >= 15 is 0 Å². The van der Waals surface area contributed by atoms with Crippen LogP contribution in [0.2, 0.25) is 0 Å². The van der Waals surface area contributed by atoms with Crippen molar-refractivity contribution in [1.29, 1.82) is 0 Å². The van der Waals surface area contributed by atoms with E-state index in [2.05, 4.69) is 0 Å². The zero-order chi connectivity index (χ0) is 5.98. The number of nitrogens with two attached hydrogens (primary N) is 1. The second-order valence-electron chi connectivity index (χ2n) is 1.56. The van der Waals surface area contributed by atoms with Crippen LogP contribution in [0.3, 0.4) is 0 Å². The van der Waals surface area contributed by atoms with E-state index < -0.39 is 0 Å². The van der Waals surface area contributed by atoms with Crippen molar-refractivity contribution >= 4 is 5.69 Å². The number of anilines is 1. The first-order chi connectivity index (χ1) is 3.80. The van der Waals surface area contributed by atoms with Crippen LogP contribution in [0.1, 0.15) is 0 Å². The van der Waals surface area contributed by atoms with Gasteiger partial charge < -0.3 is 10.8 Å². The predicted molar refractivity (Wildman–Crippen MR) is 32.5 cm³/mol. The molecule has 0 spiro atoms. The van der Waals surface area contributed by atoms with E-state index in [4.69, 9.17) is 10.8 Å². The van der Waals surface area contributed by atoms with Gasteiger partial charge in [0.25, 0.3) is 0 Å². The number of nitrogen functional groups attached to an aromatic ring is 1. The van der Waals surface area contributed by atoms with Crippen LogP contribution >= 0.6 is 0 Å². The molecule has 0 aromatic heterocycles. The quantitative estimate of drug-likeness (QED) is 0.348. The largest absolute Gasteiger partial charge is 1.00 e. The van der Waals surface area contributed by atoms with Crippen molar-refractivity contribution in [3.63, 3.8) is 0 Å². The third kappa shape index (κ3) is 1.96. The molecule has 2 nitrogen and oxygen atoms in total. The van der Waals surface area contributed by atoms with Crippen LogP contribution in [-0.2, 0) is 17.1 Å². The molecular formula is C6H7CuNO+. The van der Waals surface area contributed by atoms with E-state index in [-0.39, 0.29) is 22.8 Å². The van der Waals surface area contributed by atoms with Crippen LogP contribution in [0.5, 0.6) is 5.75 Å². The van der Waals surface area contributed by atoms with Gasteiger partial charge in [0.2, 0.25) is 0 Å². The van der Waals surface area contributed by atoms with Crippen LogP contribution in [0.4, 0.5) is 5.69 Å². The van der Waals surface area contributed by atoms with E-state index in [1.54, 1.807) is 24.3 Å². The van der Waals surface area contributed by atoms with Crippen molar-refractivity contribution < 1.29 is 22.2 Å². The fourth-order valence-electron chi connectivity index (χ4n) is 0.488. The molecule has 0 aliphatic carbocycles. The maximum Gasteiger partial charge on any atom is 1.00 e. The van der Waals surface area contributed by atoms with E-state index in [9.17, 15) is 0 Å². The number of aromatic hydroxyl groups is 1. The number of hydrogen-bond donors (Lipinski definition) is 2. The van der Waals surface area contributed by atoms with Gasteiger partial charge in [-0.25, -0.2) is 0 Å². The van der Waals surface area contributed by atoms with Crippen LogP contribution in [-0.4, -0.2) is 5.11 Å². The predicted octanol–water partition coefficient (Wildman–Crippen LogP) is 0.972. The molecule has 0 aliphatic rings. The Morgan fingerprint density at radius 1 is 1.22 bits per heavy atom. The topological polar surface area (TPSA) is 46.2 Å².